The highest BCUT2D eigenvalue weighted by Crippen LogP contribution is 2.37. The molecule has 0 aliphatic heterocycles. The summed E-state index contributed by atoms with van der Waals surface area (Å²) < 4.78 is 1.83. The number of fused-ring (bicyclic) bond motifs is 1. The van der Waals surface area contributed by atoms with E-state index in [0.717, 1.165) is 12.1 Å². The largest absolute Gasteiger partial charge is 0.375 e. The number of anilines is 1. The summed E-state index contributed by atoms with van der Waals surface area (Å²) in [5.74, 6) is 0.632. The Morgan fingerprint density at radius 2 is 2.18 bits per heavy atom. The third-order valence-electron chi connectivity index (χ3n) is 3.53. The summed E-state index contributed by atoms with van der Waals surface area (Å²) in [6.45, 7) is 2.30. The summed E-state index contributed by atoms with van der Waals surface area (Å²) in [5, 5.41) is 7.78. The first kappa shape index (κ1) is 10.4. The van der Waals surface area contributed by atoms with Crippen LogP contribution in [0.2, 0.25) is 0 Å². The monoisotopic (exact) mass is 227 g/mol. The van der Waals surface area contributed by atoms with E-state index in [1.165, 1.54) is 11.1 Å². The zero-order chi connectivity index (χ0) is 11.8. The molecule has 1 aromatic heterocycles. The zero-order valence-corrected chi connectivity index (χ0v) is 10.2. The molecule has 2 aromatic rings. The molecule has 0 radical (unpaired) electrons. The van der Waals surface area contributed by atoms with Crippen LogP contribution in [0.3, 0.4) is 0 Å². The number of nitrogens with one attached hydrogen (secondary N) is 1. The van der Waals surface area contributed by atoms with E-state index in [2.05, 4.69) is 41.6 Å². The number of nitrogens with zero attached hydrogens (tertiary/aromatic N) is 2. The first-order valence-electron chi connectivity index (χ1n) is 6.07. The molecule has 88 valence electrons. The fourth-order valence-electron chi connectivity index (χ4n) is 2.69. The van der Waals surface area contributed by atoms with Crippen molar-refractivity contribution >= 4 is 5.69 Å². The van der Waals surface area contributed by atoms with E-state index in [-0.39, 0.29) is 0 Å². The molecule has 0 unspecified atom stereocenters. The topological polar surface area (TPSA) is 29.9 Å². The van der Waals surface area contributed by atoms with Gasteiger partial charge in [0.1, 0.15) is 0 Å². The minimum Gasteiger partial charge on any atom is -0.375 e. The molecular formula is C14H17N3. The van der Waals surface area contributed by atoms with Crippen molar-refractivity contribution in [2.75, 3.05) is 5.32 Å². The molecule has 1 aliphatic carbocycles. The lowest BCUT2D eigenvalue weighted by Gasteiger charge is -2.18. The smallest absolute Gasteiger partial charge is 0.0731 e. The lowest BCUT2D eigenvalue weighted by atomic mass is 10.0. The second-order valence-corrected chi connectivity index (χ2v) is 4.90. The lowest BCUT2D eigenvalue weighted by molar-refractivity contribution is 0.542. The van der Waals surface area contributed by atoms with E-state index >= 15 is 0 Å². The van der Waals surface area contributed by atoms with E-state index in [1.54, 1.807) is 0 Å². The molecule has 1 N–H and O–H groups in total. The van der Waals surface area contributed by atoms with Gasteiger partial charge in [0.15, 0.2) is 0 Å². The molecular weight excluding hydrogens is 210 g/mol. The van der Waals surface area contributed by atoms with E-state index in [9.17, 15) is 0 Å². The van der Waals surface area contributed by atoms with Gasteiger partial charge in [-0.15, -0.1) is 0 Å². The fraction of sp³-hybridized carbons (Fsp3) is 0.357. The number of aromatic nitrogens is 2. The summed E-state index contributed by atoms with van der Waals surface area (Å²) in [6, 6.07) is 9.12. The molecule has 2 atom stereocenters. The molecule has 0 saturated heterocycles. The van der Waals surface area contributed by atoms with Gasteiger partial charge < -0.3 is 5.32 Å². The maximum absolute atomic E-state index is 4.19. The van der Waals surface area contributed by atoms with Crippen LogP contribution in [0.4, 0.5) is 5.69 Å². The summed E-state index contributed by atoms with van der Waals surface area (Å²) in [5.41, 5.74) is 4.01. The second kappa shape index (κ2) is 3.91. The van der Waals surface area contributed by atoms with E-state index in [4.69, 9.17) is 0 Å². The van der Waals surface area contributed by atoms with Crippen molar-refractivity contribution in [3.05, 3.63) is 47.8 Å². The van der Waals surface area contributed by atoms with Crippen molar-refractivity contribution in [3.63, 3.8) is 0 Å². The summed E-state index contributed by atoms with van der Waals surface area (Å²) in [7, 11) is 1.94. The highest BCUT2D eigenvalue weighted by Gasteiger charge is 2.28. The Hall–Kier alpha value is -1.77. The van der Waals surface area contributed by atoms with Crippen molar-refractivity contribution in [1.82, 2.24) is 9.78 Å². The van der Waals surface area contributed by atoms with Gasteiger partial charge in [-0.2, -0.15) is 5.10 Å². The summed E-state index contributed by atoms with van der Waals surface area (Å²) in [4.78, 5) is 0. The number of hydrogen-bond donors (Lipinski definition) is 1. The third-order valence-corrected chi connectivity index (χ3v) is 3.53. The van der Waals surface area contributed by atoms with Gasteiger partial charge in [-0.25, -0.2) is 0 Å². The Balaban J connectivity index is 1.88. The normalized spacial score (nSPS) is 22.5. The molecule has 3 nitrogen and oxygen atoms in total. The van der Waals surface area contributed by atoms with Gasteiger partial charge in [0, 0.05) is 13.2 Å². The first-order chi connectivity index (χ1) is 8.24. The number of rotatable bonds is 2. The predicted molar refractivity (Wildman–Crippen MR) is 68.9 cm³/mol. The molecule has 3 rings (SSSR count). The molecule has 1 aliphatic rings. The summed E-state index contributed by atoms with van der Waals surface area (Å²) in [6.07, 6.45) is 5.06. The van der Waals surface area contributed by atoms with Gasteiger partial charge >= 0.3 is 0 Å². The third kappa shape index (κ3) is 1.82. The molecule has 0 spiro atoms. The molecule has 0 fully saturated rings. The minimum atomic E-state index is 0.412. The van der Waals surface area contributed by atoms with Crippen LogP contribution in [0.1, 0.15) is 24.1 Å². The van der Waals surface area contributed by atoms with Crippen LogP contribution in [-0.2, 0) is 13.5 Å². The Kier molecular flexibility index (Phi) is 2.39. The van der Waals surface area contributed by atoms with Crippen molar-refractivity contribution < 1.29 is 0 Å². The van der Waals surface area contributed by atoms with Crippen molar-refractivity contribution in [2.45, 2.75) is 19.4 Å². The van der Waals surface area contributed by atoms with Crippen LogP contribution in [0, 0.1) is 5.92 Å². The van der Waals surface area contributed by atoms with E-state index < -0.39 is 0 Å². The molecule has 0 saturated carbocycles. The Bertz CT molecular complexity index is 530. The van der Waals surface area contributed by atoms with Gasteiger partial charge in [-0.1, -0.05) is 31.2 Å². The molecule has 0 amide bonds. The van der Waals surface area contributed by atoms with Crippen LogP contribution in [-0.4, -0.2) is 9.78 Å². The van der Waals surface area contributed by atoms with Crippen molar-refractivity contribution in [2.24, 2.45) is 13.0 Å². The molecule has 0 bridgehead atoms. The standard InChI is InChI=1S/C14H17N3/c1-10-7-11-5-3-4-6-13(11)14(10)16-12-8-15-17(2)9-12/h3-6,8-10,14,16H,7H2,1-2H3/t10-,14+/m0/s1. The maximum Gasteiger partial charge on any atom is 0.0731 e. The predicted octanol–water partition coefficient (Wildman–Crippen LogP) is 2.77. The van der Waals surface area contributed by atoms with Crippen LogP contribution in [0.25, 0.3) is 0 Å². The highest BCUT2D eigenvalue weighted by atomic mass is 15.3. The quantitative estimate of drug-likeness (QED) is 0.855. The number of aryl methyl sites for hydroxylation is 1. The highest BCUT2D eigenvalue weighted by molar-refractivity contribution is 5.46. The van der Waals surface area contributed by atoms with Crippen LogP contribution < -0.4 is 5.32 Å². The fourth-order valence-corrected chi connectivity index (χ4v) is 2.69. The van der Waals surface area contributed by atoms with Gasteiger partial charge in [0.25, 0.3) is 0 Å². The van der Waals surface area contributed by atoms with Gasteiger partial charge in [0.05, 0.1) is 17.9 Å². The second-order valence-electron chi connectivity index (χ2n) is 4.90. The number of benzene rings is 1. The Labute approximate surface area is 101 Å². The Morgan fingerprint density at radius 1 is 1.35 bits per heavy atom. The van der Waals surface area contributed by atoms with Crippen molar-refractivity contribution in [3.8, 4) is 0 Å². The minimum absolute atomic E-state index is 0.412. The molecule has 1 aromatic carbocycles. The Morgan fingerprint density at radius 3 is 2.94 bits per heavy atom. The molecule has 3 heteroatoms. The average molecular weight is 227 g/mol. The molecule has 17 heavy (non-hydrogen) atoms. The molecule has 1 heterocycles. The SMILES string of the molecule is C[C@H]1Cc2ccccc2[C@@H]1Nc1cnn(C)c1. The van der Waals surface area contributed by atoms with Crippen LogP contribution in [0.15, 0.2) is 36.7 Å². The van der Waals surface area contributed by atoms with E-state index in [0.29, 0.717) is 12.0 Å². The van der Waals surface area contributed by atoms with Crippen molar-refractivity contribution in [1.29, 1.82) is 0 Å². The van der Waals surface area contributed by atoms with Crippen LogP contribution >= 0.6 is 0 Å². The van der Waals surface area contributed by atoms with Gasteiger partial charge in [0.2, 0.25) is 0 Å². The average Bonchev–Trinajstić information content (AvgIpc) is 2.85. The maximum atomic E-state index is 4.19. The number of hydrogen-bond acceptors (Lipinski definition) is 2. The van der Waals surface area contributed by atoms with Gasteiger partial charge in [-0.05, 0) is 23.5 Å². The van der Waals surface area contributed by atoms with Crippen LogP contribution in [0.5, 0.6) is 0 Å². The summed E-state index contributed by atoms with van der Waals surface area (Å²) >= 11 is 0. The van der Waals surface area contributed by atoms with Gasteiger partial charge in [-0.3, -0.25) is 4.68 Å². The first-order valence-corrected chi connectivity index (χ1v) is 6.07. The lowest BCUT2D eigenvalue weighted by Crippen LogP contribution is -2.13. The van der Waals surface area contributed by atoms with E-state index in [1.807, 2.05) is 24.1 Å². The zero-order valence-electron chi connectivity index (χ0n) is 10.2.